The first-order valence-corrected chi connectivity index (χ1v) is 8.15. The van der Waals surface area contributed by atoms with Crippen LogP contribution in [0.2, 0.25) is 0 Å². The molecule has 1 aromatic rings. The molecule has 0 unspecified atom stereocenters. The van der Waals surface area contributed by atoms with Crippen molar-refractivity contribution < 1.29 is 18.3 Å². The van der Waals surface area contributed by atoms with Crippen molar-refractivity contribution in [2.24, 2.45) is 0 Å². The second kappa shape index (κ2) is 5.93. The molecule has 1 N–H and O–H groups in total. The number of rotatable bonds is 5. The number of carboxylic acids is 1. The van der Waals surface area contributed by atoms with Crippen molar-refractivity contribution in [3.8, 4) is 0 Å². The molecule has 0 bridgehead atoms. The van der Waals surface area contributed by atoms with E-state index in [1.807, 2.05) is 6.07 Å². The van der Waals surface area contributed by atoms with Crippen LogP contribution in [0.4, 0.5) is 0 Å². The lowest BCUT2D eigenvalue weighted by molar-refractivity contribution is -0.137. The molecule has 0 saturated carbocycles. The van der Waals surface area contributed by atoms with Crippen molar-refractivity contribution in [1.29, 1.82) is 0 Å². The van der Waals surface area contributed by atoms with Crippen LogP contribution in [0, 0.1) is 0 Å². The number of aliphatic carboxylic acids is 1. The molecular formula is C14H19NO4S. The average molecular weight is 297 g/mol. The van der Waals surface area contributed by atoms with Crippen molar-refractivity contribution >= 4 is 16.0 Å². The van der Waals surface area contributed by atoms with E-state index in [9.17, 15) is 13.2 Å². The normalized spacial score (nSPS) is 15.1. The maximum absolute atomic E-state index is 12.4. The fraction of sp³-hybridized carbons (Fsp3) is 0.500. The van der Waals surface area contributed by atoms with E-state index in [4.69, 9.17) is 5.11 Å². The van der Waals surface area contributed by atoms with Crippen LogP contribution in [-0.2, 0) is 27.7 Å². The molecule has 0 atom stereocenters. The van der Waals surface area contributed by atoms with Crippen LogP contribution in [0.15, 0.2) is 23.1 Å². The van der Waals surface area contributed by atoms with E-state index in [-0.39, 0.29) is 17.9 Å². The van der Waals surface area contributed by atoms with Gasteiger partial charge in [0.05, 0.1) is 11.3 Å². The molecule has 20 heavy (non-hydrogen) atoms. The third-order valence-electron chi connectivity index (χ3n) is 3.67. The van der Waals surface area contributed by atoms with E-state index < -0.39 is 16.0 Å². The minimum atomic E-state index is -3.60. The first-order chi connectivity index (χ1) is 9.41. The summed E-state index contributed by atoms with van der Waals surface area (Å²) in [4.78, 5) is 10.8. The Morgan fingerprint density at radius 1 is 1.25 bits per heavy atom. The van der Waals surface area contributed by atoms with E-state index in [2.05, 4.69) is 0 Å². The lowest BCUT2D eigenvalue weighted by Gasteiger charge is -2.20. The molecule has 6 heteroatoms. The Hall–Kier alpha value is -1.40. The summed E-state index contributed by atoms with van der Waals surface area (Å²) in [5.41, 5.74) is 2.33. The molecule has 1 aromatic carbocycles. The van der Waals surface area contributed by atoms with Gasteiger partial charge < -0.3 is 5.11 Å². The molecule has 110 valence electrons. The fourth-order valence-corrected chi connectivity index (χ4v) is 3.65. The van der Waals surface area contributed by atoms with Crippen LogP contribution in [0.25, 0.3) is 0 Å². The van der Waals surface area contributed by atoms with Gasteiger partial charge >= 0.3 is 5.97 Å². The number of benzene rings is 1. The molecule has 0 fully saturated rings. The highest BCUT2D eigenvalue weighted by Gasteiger charge is 2.22. The minimum Gasteiger partial charge on any atom is -0.481 e. The number of carbonyl (C=O) groups is 1. The van der Waals surface area contributed by atoms with Gasteiger partial charge in [0.25, 0.3) is 0 Å². The number of sulfonamides is 1. The number of aryl methyl sites for hydroxylation is 2. The van der Waals surface area contributed by atoms with E-state index >= 15 is 0 Å². The minimum absolute atomic E-state index is 0.0191. The Labute approximate surface area is 119 Å². The van der Waals surface area contributed by atoms with Crippen LogP contribution in [0.5, 0.6) is 0 Å². The van der Waals surface area contributed by atoms with Crippen molar-refractivity contribution in [1.82, 2.24) is 4.31 Å². The summed E-state index contributed by atoms with van der Waals surface area (Å²) in [5.74, 6) is -1.00. The monoisotopic (exact) mass is 297 g/mol. The Morgan fingerprint density at radius 3 is 2.55 bits per heavy atom. The summed E-state index contributed by atoms with van der Waals surface area (Å²) in [6.07, 6.45) is 3.96. The highest BCUT2D eigenvalue weighted by Crippen LogP contribution is 2.25. The summed E-state index contributed by atoms with van der Waals surface area (Å²) in [7, 11) is -2.18. The number of hydrogen-bond acceptors (Lipinski definition) is 3. The lowest BCUT2D eigenvalue weighted by atomic mass is 9.92. The quantitative estimate of drug-likeness (QED) is 0.897. The molecule has 0 aromatic heterocycles. The number of nitrogens with zero attached hydrogens (tertiary/aromatic N) is 1. The van der Waals surface area contributed by atoms with E-state index in [1.165, 1.54) is 12.6 Å². The predicted molar refractivity (Wildman–Crippen MR) is 75.2 cm³/mol. The average Bonchev–Trinajstić information content (AvgIpc) is 2.44. The largest absolute Gasteiger partial charge is 0.481 e. The molecular weight excluding hydrogens is 278 g/mol. The van der Waals surface area contributed by atoms with Crippen molar-refractivity contribution in [3.63, 3.8) is 0 Å². The maximum atomic E-state index is 12.4. The number of carboxylic acid groups (broad SMARTS) is 1. The molecule has 5 nitrogen and oxygen atoms in total. The SMILES string of the molecule is CN(CCC(=O)O)S(=O)(=O)c1ccc2c(c1)CCCC2. The molecule has 0 spiro atoms. The molecule has 1 aliphatic rings. The van der Waals surface area contributed by atoms with Crippen LogP contribution in [0.3, 0.4) is 0 Å². The topological polar surface area (TPSA) is 74.7 Å². The fourth-order valence-electron chi connectivity index (χ4n) is 2.42. The first-order valence-electron chi connectivity index (χ1n) is 6.71. The van der Waals surface area contributed by atoms with Crippen LogP contribution in [0.1, 0.15) is 30.4 Å². The van der Waals surface area contributed by atoms with Gasteiger partial charge in [-0.3, -0.25) is 4.79 Å². The van der Waals surface area contributed by atoms with E-state index in [0.29, 0.717) is 0 Å². The Balaban J connectivity index is 2.23. The Bertz CT molecular complexity index is 610. The zero-order valence-corrected chi connectivity index (χ0v) is 12.3. The van der Waals surface area contributed by atoms with Crippen molar-refractivity contribution in [3.05, 3.63) is 29.3 Å². The second-order valence-electron chi connectivity index (χ2n) is 5.11. The smallest absolute Gasteiger partial charge is 0.304 e. The van der Waals surface area contributed by atoms with Gasteiger partial charge in [-0.05, 0) is 48.9 Å². The maximum Gasteiger partial charge on any atom is 0.304 e. The third kappa shape index (κ3) is 3.19. The second-order valence-corrected chi connectivity index (χ2v) is 7.15. The standard InChI is InChI=1S/C14H19NO4S/c1-15(9-8-14(16)17)20(18,19)13-7-6-11-4-2-3-5-12(11)10-13/h6-7,10H,2-5,8-9H2,1H3,(H,16,17). The number of hydrogen-bond donors (Lipinski definition) is 1. The molecule has 1 aliphatic carbocycles. The molecule has 0 amide bonds. The summed E-state index contributed by atoms with van der Waals surface area (Å²) in [6.45, 7) is -0.0191. The van der Waals surface area contributed by atoms with Crippen molar-refractivity contribution in [2.75, 3.05) is 13.6 Å². The van der Waals surface area contributed by atoms with Gasteiger partial charge in [-0.1, -0.05) is 6.07 Å². The zero-order valence-electron chi connectivity index (χ0n) is 11.5. The van der Waals surface area contributed by atoms with Gasteiger partial charge in [0.2, 0.25) is 10.0 Å². The molecule has 2 rings (SSSR count). The molecule has 0 saturated heterocycles. The van der Waals surface area contributed by atoms with Crippen LogP contribution < -0.4 is 0 Å². The molecule has 0 radical (unpaired) electrons. The molecule has 0 heterocycles. The third-order valence-corrected chi connectivity index (χ3v) is 5.52. The van der Waals surface area contributed by atoms with Gasteiger partial charge in [0.15, 0.2) is 0 Å². The van der Waals surface area contributed by atoms with Crippen molar-refractivity contribution in [2.45, 2.75) is 37.0 Å². The predicted octanol–water partition coefficient (Wildman–Crippen LogP) is 1.66. The zero-order chi connectivity index (χ0) is 14.8. The van der Waals surface area contributed by atoms with Gasteiger partial charge in [-0.2, -0.15) is 0 Å². The van der Waals surface area contributed by atoms with Crippen LogP contribution in [-0.4, -0.2) is 37.4 Å². The summed E-state index contributed by atoms with van der Waals surface area (Å²) in [6, 6.07) is 5.24. The van der Waals surface area contributed by atoms with E-state index in [0.717, 1.165) is 35.6 Å². The number of fused-ring (bicyclic) bond motifs is 1. The summed E-state index contributed by atoms with van der Waals surface area (Å²) < 4.78 is 25.8. The van der Waals surface area contributed by atoms with Gasteiger partial charge in [-0.25, -0.2) is 12.7 Å². The summed E-state index contributed by atoms with van der Waals surface area (Å²) in [5, 5.41) is 8.64. The Kier molecular flexibility index (Phi) is 4.45. The highest BCUT2D eigenvalue weighted by atomic mass is 32.2. The van der Waals surface area contributed by atoms with Gasteiger partial charge in [0, 0.05) is 13.6 Å². The van der Waals surface area contributed by atoms with Gasteiger partial charge in [-0.15, -0.1) is 0 Å². The Morgan fingerprint density at radius 2 is 1.90 bits per heavy atom. The first kappa shape index (κ1) is 15.0. The molecule has 0 aliphatic heterocycles. The summed E-state index contributed by atoms with van der Waals surface area (Å²) >= 11 is 0. The van der Waals surface area contributed by atoms with E-state index in [1.54, 1.807) is 12.1 Å². The van der Waals surface area contributed by atoms with Crippen LogP contribution >= 0.6 is 0 Å². The highest BCUT2D eigenvalue weighted by molar-refractivity contribution is 7.89. The lowest BCUT2D eigenvalue weighted by Crippen LogP contribution is -2.29. The van der Waals surface area contributed by atoms with Gasteiger partial charge in [0.1, 0.15) is 0 Å².